The maximum absolute atomic E-state index is 13.8. The molecule has 0 saturated carbocycles. The predicted molar refractivity (Wildman–Crippen MR) is 84.8 cm³/mol. The molecule has 6 nitrogen and oxygen atoms in total. The number of hydrogen-bond donors (Lipinski definition) is 0. The first-order valence-corrected chi connectivity index (χ1v) is 7.92. The van der Waals surface area contributed by atoms with Crippen LogP contribution in [0.2, 0.25) is 0 Å². The van der Waals surface area contributed by atoms with Gasteiger partial charge >= 0.3 is 6.03 Å². The lowest BCUT2D eigenvalue weighted by molar-refractivity contribution is -0.119. The number of urea groups is 1. The molecular weight excluding hydrogens is 299 g/mol. The molecule has 1 aromatic carbocycles. The number of halogens is 1. The van der Waals surface area contributed by atoms with Gasteiger partial charge < -0.3 is 19.6 Å². The van der Waals surface area contributed by atoms with Crippen molar-refractivity contribution in [1.29, 1.82) is 0 Å². The maximum atomic E-state index is 13.8. The van der Waals surface area contributed by atoms with E-state index in [1.165, 1.54) is 6.07 Å². The highest BCUT2D eigenvalue weighted by atomic mass is 19.1. The Labute approximate surface area is 135 Å². The first-order chi connectivity index (χ1) is 11.2. The van der Waals surface area contributed by atoms with Gasteiger partial charge in [-0.05, 0) is 12.1 Å². The number of carbonyl (C=O) groups is 2. The minimum absolute atomic E-state index is 0.0173. The molecule has 1 aromatic rings. The summed E-state index contributed by atoms with van der Waals surface area (Å²) in [6.07, 6.45) is 0.828. The number of hydrogen-bond acceptors (Lipinski definition) is 3. The van der Waals surface area contributed by atoms with Gasteiger partial charge in [0.25, 0.3) is 0 Å². The average molecular weight is 320 g/mol. The van der Waals surface area contributed by atoms with E-state index in [1.807, 2.05) is 15.9 Å². The zero-order valence-electron chi connectivity index (χ0n) is 13.0. The highest BCUT2D eigenvalue weighted by molar-refractivity contribution is 5.75. The van der Waals surface area contributed by atoms with Gasteiger partial charge in [0, 0.05) is 52.4 Å². The molecule has 3 amide bonds. The van der Waals surface area contributed by atoms with Crippen molar-refractivity contribution in [3.8, 4) is 0 Å². The van der Waals surface area contributed by atoms with E-state index in [4.69, 9.17) is 0 Å². The lowest BCUT2D eigenvalue weighted by atomic mass is 10.2. The third-order valence-corrected chi connectivity index (χ3v) is 4.48. The summed E-state index contributed by atoms with van der Waals surface area (Å²) in [7, 11) is 0. The standard InChI is InChI=1S/C16H21FN4O2/c17-14-3-1-2-4-15(14)19-9-11-21(12-10-19)16(23)20-7-5-18(13-22)6-8-20/h1-4,13H,5-12H2. The molecule has 7 heteroatoms. The van der Waals surface area contributed by atoms with Crippen LogP contribution in [0.3, 0.4) is 0 Å². The van der Waals surface area contributed by atoms with Crippen molar-refractivity contribution in [2.24, 2.45) is 0 Å². The van der Waals surface area contributed by atoms with Gasteiger partial charge in [-0.3, -0.25) is 4.79 Å². The van der Waals surface area contributed by atoms with Crippen LogP contribution in [0.15, 0.2) is 24.3 Å². The molecule has 124 valence electrons. The normalized spacial score (nSPS) is 19.0. The topological polar surface area (TPSA) is 47.1 Å². The van der Waals surface area contributed by atoms with Gasteiger partial charge in [-0.2, -0.15) is 0 Å². The predicted octanol–water partition coefficient (Wildman–Crippen LogP) is 0.842. The second-order valence-corrected chi connectivity index (χ2v) is 5.84. The fraction of sp³-hybridized carbons (Fsp3) is 0.500. The summed E-state index contributed by atoms with van der Waals surface area (Å²) in [4.78, 5) is 30.5. The van der Waals surface area contributed by atoms with Crippen molar-refractivity contribution in [1.82, 2.24) is 14.7 Å². The zero-order chi connectivity index (χ0) is 16.2. The number of nitrogens with zero attached hydrogens (tertiary/aromatic N) is 4. The lowest BCUT2D eigenvalue weighted by Crippen LogP contribution is -2.56. The Morgan fingerprint density at radius 3 is 2.04 bits per heavy atom. The van der Waals surface area contributed by atoms with Gasteiger partial charge in [0.05, 0.1) is 5.69 Å². The monoisotopic (exact) mass is 320 g/mol. The van der Waals surface area contributed by atoms with E-state index in [9.17, 15) is 14.0 Å². The van der Waals surface area contributed by atoms with Gasteiger partial charge in [-0.1, -0.05) is 12.1 Å². The van der Waals surface area contributed by atoms with E-state index in [0.29, 0.717) is 58.0 Å². The molecular formula is C16H21FN4O2. The quantitative estimate of drug-likeness (QED) is 0.759. The number of piperazine rings is 2. The molecule has 3 rings (SSSR count). The van der Waals surface area contributed by atoms with Crippen LogP contribution in [0, 0.1) is 5.82 Å². The lowest BCUT2D eigenvalue weighted by Gasteiger charge is -2.40. The first-order valence-electron chi connectivity index (χ1n) is 7.92. The van der Waals surface area contributed by atoms with Gasteiger partial charge in [-0.25, -0.2) is 9.18 Å². The van der Waals surface area contributed by atoms with E-state index in [0.717, 1.165) is 6.41 Å². The highest BCUT2D eigenvalue weighted by Crippen LogP contribution is 2.20. The van der Waals surface area contributed by atoms with Crippen molar-refractivity contribution in [3.05, 3.63) is 30.1 Å². The van der Waals surface area contributed by atoms with E-state index >= 15 is 0 Å². The average Bonchev–Trinajstić information content (AvgIpc) is 2.62. The van der Waals surface area contributed by atoms with Gasteiger partial charge in [0.2, 0.25) is 6.41 Å². The van der Waals surface area contributed by atoms with Gasteiger partial charge in [0.15, 0.2) is 0 Å². The minimum Gasteiger partial charge on any atom is -0.366 e. The number of benzene rings is 1. The van der Waals surface area contributed by atoms with Crippen LogP contribution in [0.5, 0.6) is 0 Å². The Bertz CT molecular complexity index is 567. The number of para-hydroxylation sites is 1. The first kappa shape index (κ1) is 15.6. The summed E-state index contributed by atoms with van der Waals surface area (Å²) < 4.78 is 13.8. The summed E-state index contributed by atoms with van der Waals surface area (Å²) in [6.45, 7) is 4.75. The van der Waals surface area contributed by atoms with Crippen molar-refractivity contribution in [3.63, 3.8) is 0 Å². The molecule has 0 radical (unpaired) electrons. The molecule has 0 atom stereocenters. The molecule has 2 aliphatic rings. The van der Waals surface area contributed by atoms with Crippen molar-refractivity contribution in [2.75, 3.05) is 57.3 Å². The summed E-state index contributed by atoms with van der Waals surface area (Å²) in [5, 5.41) is 0. The van der Waals surface area contributed by atoms with Crippen molar-refractivity contribution >= 4 is 18.1 Å². The molecule has 2 heterocycles. The van der Waals surface area contributed by atoms with Crippen LogP contribution in [-0.4, -0.2) is 79.5 Å². The Morgan fingerprint density at radius 1 is 0.913 bits per heavy atom. The highest BCUT2D eigenvalue weighted by Gasteiger charge is 2.28. The summed E-state index contributed by atoms with van der Waals surface area (Å²) in [5.41, 5.74) is 0.596. The molecule has 23 heavy (non-hydrogen) atoms. The smallest absolute Gasteiger partial charge is 0.320 e. The second kappa shape index (κ2) is 6.85. The van der Waals surface area contributed by atoms with E-state index in [1.54, 1.807) is 21.9 Å². The molecule has 2 fully saturated rings. The molecule has 0 spiro atoms. The zero-order valence-corrected chi connectivity index (χ0v) is 13.0. The molecule has 0 bridgehead atoms. The van der Waals surface area contributed by atoms with Crippen LogP contribution in [0.4, 0.5) is 14.9 Å². The summed E-state index contributed by atoms with van der Waals surface area (Å²) in [5.74, 6) is -0.225. The second-order valence-electron chi connectivity index (χ2n) is 5.84. The SMILES string of the molecule is O=CN1CCN(C(=O)N2CCN(c3ccccc3F)CC2)CC1. The molecule has 0 aliphatic carbocycles. The molecule has 2 aliphatic heterocycles. The van der Waals surface area contributed by atoms with Crippen LogP contribution in [0.1, 0.15) is 0 Å². The number of anilines is 1. The van der Waals surface area contributed by atoms with Crippen LogP contribution in [-0.2, 0) is 4.79 Å². The van der Waals surface area contributed by atoms with Crippen LogP contribution >= 0.6 is 0 Å². The van der Waals surface area contributed by atoms with Crippen molar-refractivity contribution in [2.45, 2.75) is 0 Å². The number of rotatable bonds is 2. The Morgan fingerprint density at radius 2 is 1.48 bits per heavy atom. The van der Waals surface area contributed by atoms with Crippen molar-refractivity contribution < 1.29 is 14.0 Å². The largest absolute Gasteiger partial charge is 0.366 e. The Balaban J connectivity index is 1.54. The third-order valence-electron chi connectivity index (χ3n) is 4.48. The number of carbonyl (C=O) groups excluding carboxylic acids is 2. The van der Waals surface area contributed by atoms with Gasteiger partial charge in [0.1, 0.15) is 5.82 Å². The van der Waals surface area contributed by atoms with Gasteiger partial charge in [-0.15, -0.1) is 0 Å². The Kier molecular flexibility index (Phi) is 4.64. The molecule has 0 N–H and O–H groups in total. The molecule has 0 aromatic heterocycles. The van der Waals surface area contributed by atoms with Crippen LogP contribution in [0.25, 0.3) is 0 Å². The fourth-order valence-corrected chi connectivity index (χ4v) is 3.07. The minimum atomic E-state index is -0.225. The third kappa shape index (κ3) is 3.38. The molecule has 2 saturated heterocycles. The summed E-state index contributed by atoms with van der Waals surface area (Å²) in [6, 6.07) is 6.74. The van der Waals surface area contributed by atoms with E-state index in [2.05, 4.69) is 0 Å². The van der Waals surface area contributed by atoms with Crippen LogP contribution < -0.4 is 4.90 Å². The van der Waals surface area contributed by atoms with E-state index in [-0.39, 0.29) is 11.8 Å². The maximum Gasteiger partial charge on any atom is 0.320 e. The number of amides is 3. The summed E-state index contributed by atoms with van der Waals surface area (Å²) >= 11 is 0. The fourth-order valence-electron chi connectivity index (χ4n) is 3.07. The molecule has 0 unspecified atom stereocenters. The Hall–Kier alpha value is -2.31. The van der Waals surface area contributed by atoms with E-state index < -0.39 is 0 Å².